The number of anilines is 1. The lowest BCUT2D eigenvalue weighted by atomic mass is 10.1. The molecule has 1 fully saturated rings. The summed E-state index contributed by atoms with van der Waals surface area (Å²) in [6, 6.07) is 6.75. The second kappa shape index (κ2) is 7.39. The summed E-state index contributed by atoms with van der Waals surface area (Å²) in [6.45, 7) is 6.35. The number of hydrogen-bond donors (Lipinski definition) is 0. The monoisotopic (exact) mass is 290 g/mol. The molecule has 0 atom stereocenters. The third kappa shape index (κ3) is 4.16. The number of rotatable bonds is 5. The number of nitrogens with zero attached hydrogens (tertiary/aromatic N) is 4. The second-order valence-electron chi connectivity index (χ2n) is 5.67. The number of hydrogen-bond acceptors (Lipinski definition) is 4. The van der Waals surface area contributed by atoms with E-state index < -0.39 is 5.82 Å². The summed E-state index contributed by atoms with van der Waals surface area (Å²) in [5.74, 6) is -0.444. The van der Waals surface area contributed by atoms with E-state index in [1.807, 2.05) is 18.0 Å². The third-order valence-corrected chi connectivity index (χ3v) is 4.08. The number of halogens is 1. The molecule has 0 N–H and O–H groups in total. The van der Waals surface area contributed by atoms with Gasteiger partial charge in [-0.1, -0.05) is 6.07 Å². The standard InChI is InChI=1S/C16H23FN4/c1-19-9-11-21(12-10-19)8-4-7-20(2)16-6-3-5-15(17)14(16)13-18/h3,5-6H,4,7-12H2,1-2H3. The summed E-state index contributed by atoms with van der Waals surface area (Å²) in [6.07, 6.45) is 1.02. The highest BCUT2D eigenvalue weighted by molar-refractivity contribution is 5.59. The van der Waals surface area contributed by atoms with Gasteiger partial charge in [0.05, 0.1) is 5.69 Å². The first-order valence-electron chi connectivity index (χ1n) is 7.42. The van der Waals surface area contributed by atoms with Crippen molar-refractivity contribution in [2.45, 2.75) is 6.42 Å². The van der Waals surface area contributed by atoms with Gasteiger partial charge in [-0.15, -0.1) is 0 Å². The second-order valence-corrected chi connectivity index (χ2v) is 5.67. The Morgan fingerprint density at radius 3 is 2.67 bits per heavy atom. The molecule has 0 bridgehead atoms. The average Bonchev–Trinajstić information content (AvgIpc) is 2.49. The van der Waals surface area contributed by atoms with Gasteiger partial charge in [0.15, 0.2) is 0 Å². The first-order chi connectivity index (χ1) is 10.1. The number of benzene rings is 1. The summed E-state index contributed by atoms with van der Waals surface area (Å²) in [4.78, 5) is 6.77. The molecule has 21 heavy (non-hydrogen) atoms. The van der Waals surface area contributed by atoms with Gasteiger partial charge in [-0.3, -0.25) is 0 Å². The van der Waals surface area contributed by atoms with Gasteiger partial charge in [0, 0.05) is 39.8 Å². The molecule has 0 spiro atoms. The summed E-state index contributed by atoms with van der Waals surface area (Å²) in [7, 11) is 4.07. The zero-order valence-electron chi connectivity index (χ0n) is 12.8. The van der Waals surface area contributed by atoms with Gasteiger partial charge in [-0.25, -0.2) is 4.39 Å². The fourth-order valence-electron chi connectivity index (χ4n) is 2.66. The van der Waals surface area contributed by atoms with Crippen molar-refractivity contribution in [1.82, 2.24) is 9.80 Å². The van der Waals surface area contributed by atoms with Crippen LogP contribution in [0.15, 0.2) is 18.2 Å². The smallest absolute Gasteiger partial charge is 0.143 e. The number of nitriles is 1. The quantitative estimate of drug-likeness (QED) is 0.827. The molecule has 5 heteroatoms. The van der Waals surface area contributed by atoms with Crippen LogP contribution < -0.4 is 4.90 Å². The zero-order chi connectivity index (χ0) is 15.2. The van der Waals surface area contributed by atoms with E-state index in [0.29, 0.717) is 5.69 Å². The van der Waals surface area contributed by atoms with Crippen molar-refractivity contribution in [3.8, 4) is 6.07 Å². The number of piperazine rings is 1. The van der Waals surface area contributed by atoms with Crippen LogP contribution in [0.3, 0.4) is 0 Å². The van der Waals surface area contributed by atoms with Crippen LogP contribution in [-0.4, -0.2) is 63.2 Å². The van der Waals surface area contributed by atoms with E-state index in [-0.39, 0.29) is 5.56 Å². The van der Waals surface area contributed by atoms with Crippen LogP contribution in [0.25, 0.3) is 0 Å². The van der Waals surface area contributed by atoms with Gasteiger partial charge in [0.25, 0.3) is 0 Å². The molecule has 0 unspecified atom stereocenters. The summed E-state index contributed by atoms with van der Waals surface area (Å²) in [5.41, 5.74) is 0.815. The van der Waals surface area contributed by atoms with E-state index in [4.69, 9.17) is 5.26 Å². The highest BCUT2D eigenvalue weighted by Gasteiger charge is 2.14. The van der Waals surface area contributed by atoms with Crippen LogP contribution in [0.1, 0.15) is 12.0 Å². The molecule has 114 valence electrons. The predicted molar refractivity (Wildman–Crippen MR) is 82.9 cm³/mol. The van der Waals surface area contributed by atoms with E-state index in [2.05, 4.69) is 16.8 Å². The van der Waals surface area contributed by atoms with Crippen LogP contribution in [0.5, 0.6) is 0 Å². The van der Waals surface area contributed by atoms with Crippen molar-refractivity contribution in [2.75, 3.05) is 58.3 Å². The van der Waals surface area contributed by atoms with Crippen LogP contribution in [0.4, 0.5) is 10.1 Å². The Morgan fingerprint density at radius 2 is 2.00 bits per heavy atom. The van der Waals surface area contributed by atoms with Gasteiger partial charge >= 0.3 is 0 Å². The minimum Gasteiger partial charge on any atom is -0.373 e. The summed E-state index contributed by atoms with van der Waals surface area (Å²) >= 11 is 0. The van der Waals surface area contributed by atoms with E-state index in [9.17, 15) is 4.39 Å². The van der Waals surface area contributed by atoms with Crippen LogP contribution in [0.2, 0.25) is 0 Å². The van der Waals surface area contributed by atoms with Crippen molar-refractivity contribution in [3.63, 3.8) is 0 Å². The highest BCUT2D eigenvalue weighted by atomic mass is 19.1. The lowest BCUT2D eigenvalue weighted by Gasteiger charge is -2.32. The Labute approximate surface area is 126 Å². The molecule has 1 aliphatic rings. The van der Waals surface area contributed by atoms with Crippen molar-refractivity contribution in [2.24, 2.45) is 0 Å². The first kappa shape index (κ1) is 15.7. The summed E-state index contributed by atoms with van der Waals surface area (Å²) < 4.78 is 13.6. The largest absolute Gasteiger partial charge is 0.373 e. The molecule has 0 amide bonds. The Morgan fingerprint density at radius 1 is 1.29 bits per heavy atom. The van der Waals surface area contributed by atoms with E-state index in [0.717, 1.165) is 45.7 Å². The topological polar surface area (TPSA) is 33.5 Å². The van der Waals surface area contributed by atoms with Crippen molar-refractivity contribution >= 4 is 5.69 Å². The molecule has 4 nitrogen and oxygen atoms in total. The third-order valence-electron chi connectivity index (χ3n) is 4.08. The van der Waals surface area contributed by atoms with Gasteiger partial charge < -0.3 is 14.7 Å². The fourth-order valence-corrected chi connectivity index (χ4v) is 2.66. The molecule has 2 rings (SSSR count). The Balaban J connectivity index is 1.84. The predicted octanol–water partition coefficient (Wildman–Crippen LogP) is 1.77. The average molecular weight is 290 g/mol. The summed E-state index contributed by atoms with van der Waals surface area (Å²) in [5, 5.41) is 9.07. The van der Waals surface area contributed by atoms with Crippen molar-refractivity contribution < 1.29 is 4.39 Å². The maximum absolute atomic E-state index is 13.6. The Hall–Kier alpha value is -1.64. The molecular formula is C16H23FN4. The first-order valence-corrected chi connectivity index (χ1v) is 7.42. The minimum absolute atomic E-state index is 0.139. The molecule has 0 aromatic heterocycles. The number of likely N-dealkylation sites (N-methyl/N-ethyl adjacent to an activating group) is 1. The lowest BCUT2D eigenvalue weighted by molar-refractivity contribution is 0.153. The molecule has 1 heterocycles. The van der Waals surface area contributed by atoms with Crippen LogP contribution in [-0.2, 0) is 0 Å². The Kier molecular flexibility index (Phi) is 5.54. The van der Waals surface area contributed by atoms with Gasteiger partial charge in [0.2, 0.25) is 0 Å². The van der Waals surface area contributed by atoms with Gasteiger partial charge in [0.1, 0.15) is 17.4 Å². The molecule has 0 aliphatic carbocycles. The molecule has 1 saturated heterocycles. The SMILES string of the molecule is CN1CCN(CCCN(C)c2cccc(F)c2C#N)CC1. The van der Waals surface area contributed by atoms with Crippen LogP contribution in [0, 0.1) is 17.1 Å². The molecular weight excluding hydrogens is 267 g/mol. The molecule has 1 aromatic rings. The van der Waals surface area contributed by atoms with Crippen molar-refractivity contribution in [1.29, 1.82) is 5.26 Å². The minimum atomic E-state index is -0.444. The normalized spacial score (nSPS) is 16.7. The van der Waals surface area contributed by atoms with Gasteiger partial charge in [-0.05, 0) is 32.1 Å². The van der Waals surface area contributed by atoms with Crippen LogP contribution >= 0.6 is 0 Å². The van der Waals surface area contributed by atoms with Gasteiger partial charge in [-0.2, -0.15) is 5.26 Å². The zero-order valence-corrected chi connectivity index (χ0v) is 12.8. The Bertz CT molecular complexity index is 503. The fraction of sp³-hybridized carbons (Fsp3) is 0.562. The lowest BCUT2D eigenvalue weighted by Crippen LogP contribution is -2.45. The van der Waals surface area contributed by atoms with E-state index in [1.165, 1.54) is 6.07 Å². The maximum Gasteiger partial charge on any atom is 0.143 e. The molecule has 1 aliphatic heterocycles. The molecule has 0 saturated carbocycles. The highest BCUT2D eigenvalue weighted by Crippen LogP contribution is 2.21. The van der Waals surface area contributed by atoms with E-state index >= 15 is 0 Å². The van der Waals surface area contributed by atoms with E-state index in [1.54, 1.807) is 12.1 Å². The molecule has 0 radical (unpaired) electrons. The van der Waals surface area contributed by atoms with Crippen molar-refractivity contribution in [3.05, 3.63) is 29.6 Å². The maximum atomic E-state index is 13.6. The molecule has 1 aromatic carbocycles.